The lowest BCUT2D eigenvalue weighted by atomic mass is 10.1. The molecule has 0 heterocycles. The number of nitrogens with zero attached hydrogens (tertiary/aromatic N) is 2. The summed E-state index contributed by atoms with van der Waals surface area (Å²) in [6.07, 6.45) is 26.7. The number of amides is 2. The molecule has 0 spiro atoms. The van der Waals surface area contributed by atoms with Gasteiger partial charge in [0.15, 0.2) is 0 Å². The lowest BCUT2D eigenvalue weighted by molar-refractivity contribution is -0.142. The molecule has 2 amide bonds. The molecule has 0 aliphatic heterocycles. The summed E-state index contributed by atoms with van der Waals surface area (Å²) >= 11 is 0. The maximum Gasteiger partial charge on any atom is 0.248 e. The van der Waals surface area contributed by atoms with E-state index in [9.17, 15) is 9.59 Å². The number of carbonyl (C=O) groups is 2. The standard InChI is InChI=1S/C34H68N2O3/c1-5-9-13-17-20-24-28-35(27-23-16-12-8-4)33(37)31-39-32-34(38)36(29-25-21-18-14-10-6-2)30-26-22-19-15-11-7-3/h5-32H2,1-4H3. The van der Waals surface area contributed by atoms with E-state index < -0.39 is 0 Å². The summed E-state index contributed by atoms with van der Waals surface area (Å²) in [4.78, 5) is 30.0. The molecule has 0 rings (SSSR count). The van der Waals surface area contributed by atoms with Crippen molar-refractivity contribution >= 4 is 11.8 Å². The van der Waals surface area contributed by atoms with Crippen LogP contribution >= 0.6 is 0 Å². The average molecular weight is 553 g/mol. The van der Waals surface area contributed by atoms with E-state index in [0.717, 1.165) is 51.9 Å². The first-order chi connectivity index (χ1) is 19.1. The summed E-state index contributed by atoms with van der Waals surface area (Å²) in [5.74, 6) is 0.0987. The molecule has 0 aliphatic carbocycles. The SMILES string of the molecule is CCCCCCCCN(CCCCCC)C(=O)COCC(=O)N(CCCCCCCC)CCCCCCCC. The van der Waals surface area contributed by atoms with Gasteiger partial charge in [0, 0.05) is 26.2 Å². The van der Waals surface area contributed by atoms with Gasteiger partial charge in [-0.2, -0.15) is 0 Å². The van der Waals surface area contributed by atoms with Crippen LogP contribution in [-0.4, -0.2) is 61.0 Å². The molecular formula is C34H68N2O3. The van der Waals surface area contributed by atoms with Crippen LogP contribution in [0.2, 0.25) is 0 Å². The maximum atomic E-state index is 13.0. The minimum Gasteiger partial charge on any atom is -0.362 e. The van der Waals surface area contributed by atoms with Crippen molar-refractivity contribution < 1.29 is 14.3 Å². The molecule has 0 bridgehead atoms. The molecule has 0 aromatic carbocycles. The van der Waals surface area contributed by atoms with Crippen molar-refractivity contribution in [1.29, 1.82) is 0 Å². The Balaban J connectivity index is 4.62. The van der Waals surface area contributed by atoms with Gasteiger partial charge in [-0.3, -0.25) is 9.59 Å². The summed E-state index contributed by atoms with van der Waals surface area (Å²) in [6.45, 7) is 12.3. The Bertz CT molecular complexity index is 525. The second-order valence-electron chi connectivity index (χ2n) is 11.6. The van der Waals surface area contributed by atoms with Crippen molar-refractivity contribution in [2.75, 3.05) is 39.4 Å². The Labute approximate surface area is 244 Å². The first-order valence-electron chi connectivity index (χ1n) is 17.2. The van der Waals surface area contributed by atoms with Crippen LogP contribution in [0.3, 0.4) is 0 Å². The van der Waals surface area contributed by atoms with Gasteiger partial charge in [0.25, 0.3) is 0 Å². The lowest BCUT2D eigenvalue weighted by Gasteiger charge is -2.24. The number of rotatable bonds is 30. The normalized spacial score (nSPS) is 11.2. The van der Waals surface area contributed by atoms with Gasteiger partial charge in [0.2, 0.25) is 11.8 Å². The van der Waals surface area contributed by atoms with Crippen LogP contribution in [0.5, 0.6) is 0 Å². The Morgan fingerprint density at radius 3 is 0.897 bits per heavy atom. The van der Waals surface area contributed by atoms with Gasteiger partial charge < -0.3 is 14.5 Å². The summed E-state index contributed by atoms with van der Waals surface area (Å²) in [5, 5.41) is 0. The van der Waals surface area contributed by atoms with Crippen molar-refractivity contribution in [3.63, 3.8) is 0 Å². The van der Waals surface area contributed by atoms with Gasteiger partial charge in [-0.05, 0) is 25.7 Å². The van der Waals surface area contributed by atoms with Crippen molar-refractivity contribution in [3.05, 3.63) is 0 Å². The van der Waals surface area contributed by atoms with Gasteiger partial charge in [0.1, 0.15) is 13.2 Å². The number of hydrogen-bond donors (Lipinski definition) is 0. The fourth-order valence-corrected chi connectivity index (χ4v) is 5.11. The van der Waals surface area contributed by atoms with Crippen LogP contribution in [0.15, 0.2) is 0 Å². The van der Waals surface area contributed by atoms with E-state index in [1.807, 2.05) is 9.80 Å². The Morgan fingerprint density at radius 1 is 0.385 bits per heavy atom. The zero-order chi connectivity index (χ0) is 28.8. The fourth-order valence-electron chi connectivity index (χ4n) is 5.11. The Kier molecular flexibility index (Phi) is 29.0. The van der Waals surface area contributed by atoms with Gasteiger partial charge in [-0.25, -0.2) is 0 Å². The highest BCUT2D eigenvalue weighted by atomic mass is 16.5. The molecule has 0 saturated heterocycles. The number of carbonyl (C=O) groups excluding carboxylic acids is 2. The number of ether oxygens (including phenoxy) is 1. The number of unbranched alkanes of at least 4 members (excludes halogenated alkanes) is 18. The molecule has 0 unspecified atom stereocenters. The quantitative estimate of drug-likeness (QED) is 0.0834. The smallest absolute Gasteiger partial charge is 0.248 e. The molecule has 0 aliphatic rings. The highest BCUT2D eigenvalue weighted by Gasteiger charge is 2.17. The zero-order valence-electron chi connectivity index (χ0n) is 26.9. The summed E-state index contributed by atoms with van der Waals surface area (Å²) in [6, 6.07) is 0. The third-order valence-corrected chi connectivity index (χ3v) is 7.78. The Hall–Kier alpha value is -1.10. The highest BCUT2D eigenvalue weighted by molar-refractivity contribution is 5.79. The van der Waals surface area contributed by atoms with E-state index in [0.29, 0.717) is 0 Å². The summed E-state index contributed by atoms with van der Waals surface area (Å²) in [5.41, 5.74) is 0. The monoisotopic (exact) mass is 553 g/mol. The molecule has 0 fully saturated rings. The Morgan fingerprint density at radius 2 is 0.615 bits per heavy atom. The van der Waals surface area contributed by atoms with E-state index in [4.69, 9.17) is 4.74 Å². The molecule has 0 N–H and O–H groups in total. The highest BCUT2D eigenvalue weighted by Crippen LogP contribution is 2.11. The van der Waals surface area contributed by atoms with Crippen LogP contribution in [0, 0.1) is 0 Å². The third-order valence-electron chi connectivity index (χ3n) is 7.78. The molecule has 5 nitrogen and oxygen atoms in total. The average Bonchev–Trinajstić information content (AvgIpc) is 2.94. The first kappa shape index (κ1) is 37.9. The lowest BCUT2D eigenvalue weighted by Crippen LogP contribution is -2.39. The summed E-state index contributed by atoms with van der Waals surface area (Å²) in [7, 11) is 0. The van der Waals surface area contributed by atoms with E-state index in [1.54, 1.807) is 0 Å². The summed E-state index contributed by atoms with van der Waals surface area (Å²) < 4.78 is 5.74. The van der Waals surface area contributed by atoms with Crippen LogP contribution in [0.1, 0.15) is 169 Å². The van der Waals surface area contributed by atoms with E-state index in [-0.39, 0.29) is 25.0 Å². The molecule has 0 atom stereocenters. The maximum absolute atomic E-state index is 13.0. The third kappa shape index (κ3) is 24.4. The van der Waals surface area contributed by atoms with Crippen molar-refractivity contribution in [1.82, 2.24) is 9.80 Å². The van der Waals surface area contributed by atoms with Crippen molar-refractivity contribution in [2.45, 2.75) is 169 Å². The largest absolute Gasteiger partial charge is 0.362 e. The second kappa shape index (κ2) is 29.9. The number of hydrogen-bond acceptors (Lipinski definition) is 3. The first-order valence-corrected chi connectivity index (χ1v) is 17.2. The minimum atomic E-state index is 0.0250. The van der Waals surface area contributed by atoms with Crippen molar-refractivity contribution in [2.24, 2.45) is 0 Å². The van der Waals surface area contributed by atoms with E-state index in [2.05, 4.69) is 27.7 Å². The molecule has 0 aromatic rings. The minimum absolute atomic E-state index is 0.0250. The van der Waals surface area contributed by atoms with E-state index >= 15 is 0 Å². The molecule has 39 heavy (non-hydrogen) atoms. The molecule has 0 radical (unpaired) electrons. The predicted molar refractivity (Wildman–Crippen MR) is 168 cm³/mol. The predicted octanol–water partition coefficient (Wildman–Crippen LogP) is 9.32. The molecule has 0 saturated carbocycles. The van der Waals surface area contributed by atoms with Gasteiger partial charge in [-0.15, -0.1) is 0 Å². The van der Waals surface area contributed by atoms with Crippen LogP contribution in [0.25, 0.3) is 0 Å². The van der Waals surface area contributed by atoms with Crippen LogP contribution in [-0.2, 0) is 14.3 Å². The van der Waals surface area contributed by atoms with Crippen LogP contribution in [0.4, 0.5) is 0 Å². The van der Waals surface area contributed by atoms with Crippen LogP contribution < -0.4 is 0 Å². The topological polar surface area (TPSA) is 49.9 Å². The second-order valence-corrected chi connectivity index (χ2v) is 11.6. The van der Waals surface area contributed by atoms with Crippen molar-refractivity contribution in [3.8, 4) is 0 Å². The van der Waals surface area contributed by atoms with Gasteiger partial charge >= 0.3 is 0 Å². The van der Waals surface area contributed by atoms with E-state index in [1.165, 1.54) is 116 Å². The molecule has 0 aromatic heterocycles. The molecule has 232 valence electrons. The molecule has 5 heteroatoms. The molecular weight excluding hydrogens is 484 g/mol. The fraction of sp³-hybridized carbons (Fsp3) is 0.941. The van der Waals surface area contributed by atoms with Gasteiger partial charge in [0.05, 0.1) is 0 Å². The van der Waals surface area contributed by atoms with Gasteiger partial charge in [-0.1, -0.05) is 143 Å². The zero-order valence-corrected chi connectivity index (χ0v) is 26.9.